The van der Waals surface area contributed by atoms with E-state index in [0.717, 1.165) is 41.1 Å². The third-order valence-corrected chi connectivity index (χ3v) is 6.04. The molecule has 4 aromatic rings. The second-order valence-electron chi connectivity index (χ2n) is 7.46. The first-order valence-corrected chi connectivity index (χ1v) is 11.4. The quantitative estimate of drug-likeness (QED) is 0.347. The van der Waals surface area contributed by atoms with Crippen molar-refractivity contribution < 1.29 is 34.8 Å². The number of hydrogen-bond acceptors (Lipinski definition) is 3. The topological polar surface area (TPSA) is 78.0 Å². The molecule has 0 bridgehead atoms. The highest BCUT2D eigenvalue weighted by Crippen LogP contribution is 2.43. The fourth-order valence-corrected chi connectivity index (χ4v) is 4.06. The minimum Gasteiger partial charge on any atom is -0.232 e. The first-order valence-electron chi connectivity index (χ1n) is 9.83. The van der Waals surface area contributed by atoms with Gasteiger partial charge in [0, 0.05) is 11.1 Å². The van der Waals surface area contributed by atoms with Crippen LogP contribution in [0.5, 0.6) is 0 Å². The SMILES string of the molecule is NS(=O)(=O)c1ccc(-c2c(-c3ccccc3)c(C(F)(F)F)nn2-c2ccc(C(F)(F)F)cc2)cc1. The van der Waals surface area contributed by atoms with E-state index in [2.05, 4.69) is 5.10 Å². The molecule has 0 saturated carbocycles. The Hall–Kier alpha value is -3.64. The highest BCUT2D eigenvalue weighted by atomic mass is 32.2. The molecule has 0 spiro atoms. The van der Waals surface area contributed by atoms with E-state index >= 15 is 0 Å². The maximum Gasteiger partial charge on any atom is 0.435 e. The number of aromatic nitrogens is 2. The van der Waals surface area contributed by atoms with Crippen molar-refractivity contribution in [1.82, 2.24) is 9.78 Å². The van der Waals surface area contributed by atoms with Gasteiger partial charge in [0.05, 0.1) is 21.8 Å². The number of rotatable bonds is 4. The second-order valence-corrected chi connectivity index (χ2v) is 9.02. The summed E-state index contributed by atoms with van der Waals surface area (Å²) < 4.78 is 105. The van der Waals surface area contributed by atoms with Gasteiger partial charge in [-0.1, -0.05) is 42.5 Å². The largest absolute Gasteiger partial charge is 0.435 e. The van der Waals surface area contributed by atoms with Crippen molar-refractivity contribution in [2.24, 2.45) is 5.14 Å². The molecule has 2 N–H and O–H groups in total. The first kappa shape index (κ1) is 24.5. The Balaban J connectivity index is 2.04. The van der Waals surface area contributed by atoms with Gasteiger partial charge in [-0.05, 0) is 42.0 Å². The molecule has 3 aromatic carbocycles. The van der Waals surface area contributed by atoms with Gasteiger partial charge in [0.2, 0.25) is 10.0 Å². The fourth-order valence-electron chi connectivity index (χ4n) is 3.54. The van der Waals surface area contributed by atoms with Crippen LogP contribution in [0.4, 0.5) is 26.3 Å². The minimum atomic E-state index is -4.91. The Bertz CT molecular complexity index is 1460. The lowest BCUT2D eigenvalue weighted by Gasteiger charge is -2.13. The molecule has 12 heteroatoms. The van der Waals surface area contributed by atoms with Gasteiger partial charge in [0.15, 0.2) is 5.69 Å². The monoisotopic (exact) mass is 511 g/mol. The van der Waals surface area contributed by atoms with Crippen molar-refractivity contribution in [1.29, 1.82) is 0 Å². The number of primary sulfonamides is 1. The molecule has 1 aromatic heterocycles. The molecular weight excluding hydrogens is 496 g/mol. The molecule has 4 rings (SSSR count). The summed E-state index contributed by atoms with van der Waals surface area (Å²) in [7, 11) is -4.07. The number of nitrogens with two attached hydrogens (primary N) is 1. The Morgan fingerprint density at radius 1 is 0.714 bits per heavy atom. The Morgan fingerprint density at radius 3 is 1.77 bits per heavy atom. The number of nitrogens with zero attached hydrogens (tertiary/aromatic N) is 2. The van der Waals surface area contributed by atoms with E-state index in [1.807, 2.05) is 0 Å². The molecule has 0 atom stereocenters. The summed E-state index contributed by atoms with van der Waals surface area (Å²) in [4.78, 5) is -0.265. The molecule has 0 aliphatic rings. The molecule has 35 heavy (non-hydrogen) atoms. The van der Waals surface area contributed by atoms with Crippen molar-refractivity contribution in [3.8, 4) is 28.1 Å². The third-order valence-electron chi connectivity index (χ3n) is 5.11. The average molecular weight is 511 g/mol. The van der Waals surface area contributed by atoms with E-state index in [9.17, 15) is 34.8 Å². The lowest BCUT2D eigenvalue weighted by molar-refractivity contribution is -0.141. The Kier molecular flexibility index (Phi) is 5.97. The lowest BCUT2D eigenvalue weighted by Crippen LogP contribution is -2.11. The van der Waals surface area contributed by atoms with Crippen molar-refractivity contribution in [2.45, 2.75) is 17.2 Å². The van der Waals surface area contributed by atoms with Gasteiger partial charge in [-0.3, -0.25) is 0 Å². The maximum atomic E-state index is 14.1. The molecule has 1 heterocycles. The van der Waals surface area contributed by atoms with Crippen LogP contribution >= 0.6 is 0 Å². The number of halogens is 6. The van der Waals surface area contributed by atoms with Crippen molar-refractivity contribution in [2.75, 3.05) is 0 Å². The first-order chi connectivity index (χ1) is 16.3. The van der Waals surface area contributed by atoms with Crippen LogP contribution in [0, 0.1) is 0 Å². The predicted molar refractivity (Wildman–Crippen MR) is 116 cm³/mol. The number of sulfonamides is 1. The minimum absolute atomic E-state index is 0.0591. The van der Waals surface area contributed by atoms with Crippen LogP contribution in [0.1, 0.15) is 11.3 Å². The summed E-state index contributed by atoms with van der Waals surface area (Å²) in [6.07, 6.45) is -9.54. The predicted octanol–water partition coefficient (Wildman–Crippen LogP) is 5.89. The summed E-state index contributed by atoms with van der Waals surface area (Å²) in [5, 5.41) is 8.85. The smallest absolute Gasteiger partial charge is 0.232 e. The summed E-state index contributed by atoms with van der Waals surface area (Å²) in [5.41, 5.74) is -2.41. The van der Waals surface area contributed by atoms with E-state index in [1.54, 1.807) is 6.07 Å². The summed E-state index contributed by atoms with van der Waals surface area (Å²) in [6.45, 7) is 0. The molecule has 0 saturated heterocycles. The molecule has 0 radical (unpaired) electrons. The van der Waals surface area contributed by atoms with Crippen LogP contribution in [-0.4, -0.2) is 18.2 Å². The highest BCUT2D eigenvalue weighted by molar-refractivity contribution is 7.89. The van der Waals surface area contributed by atoms with E-state index in [-0.39, 0.29) is 33.0 Å². The molecule has 5 nitrogen and oxygen atoms in total. The van der Waals surface area contributed by atoms with Crippen LogP contribution < -0.4 is 5.14 Å². The second kappa shape index (κ2) is 8.54. The highest BCUT2D eigenvalue weighted by Gasteiger charge is 2.40. The van der Waals surface area contributed by atoms with E-state index in [0.29, 0.717) is 0 Å². The van der Waals surface area contributed by atoms with Gasteiger partial charge in [-0.15, -0.1) is 0 Å². The van der Waals surface area contributed by atoms with Crippen molar-refractivity contribution in [3.05, 3.63) is 90.1 Å². The van der Waals surface area contributed by atoms with E-state index in [4.69, 9.17) is 5.14 Å². The van der Waals surface area contributed by atoms with Crippen LogP contribution in [0.2, 0.25) is 0 Å². The molecule has 0 unspecified atom stereocenters. The maximum absolute atomic E-state index is 14.1. The van der Waals surface area contributed by atoms with Crippen LogP contribution in [-0.2, 0) is 22.4 Å². The van der Waals surface area contributed by atoms with Gasteiger partial charge < -0.3 is 0 Å². The Morgan fingerprint density at radius 2 is 1.29 bits per heavy atom. The van der Waals surface area contributed by atoms with Gasteiger partial charge in [0.25, 0.3) is 0 Å². The fraction of sp³-hybridized carbons (Fsp3) is 0.0870. The molecule has 0 amide bonds. The molecule has 182 valence electrons. The normalized spacial score (nSPS) is 12.7. The summed E-state index contributed by atoms with van der Waals surface area (Å²) in [6, 6.07) is 15.8. The van der Waals surface area contributed by atoms with Crippen LogP contribution in [0.15, 0.2) is 83.8 Å². The van der Waals surface area contributed by atoms with Crippen molar-refractivity contribution >= 4 is 10.0 Å². The lowest BCUT2D eigenvalue weighted by atomic mass is 9.98. The van der Waals surface area contributed by atoms with E-state index in [1.165, 1.54) is 36.4 Å². The third kappa shape index (κ3) is 4.93. The molecule has 0 aliphatic heterocycles. The van der Waals surface area contributed by atoms with Crippen LogP contribution in [0.3, 0.4) is 0 Å². The number of alkyl halides is 6. The van der Waals surface area contributed by atoms with Gasteiger partial charge >= 0.3 is 12.4 Å². The molecule has 0 fully saturated rings. The molecule has 0 aliphatic carbocycles. The number of benzene rings is 3. The zero-order valence-corrected chi connectivity index (χ0v) is 18.3. The van der Waals surface area contributed by atoms with Crippen LogP contribution in [0.25, 0.3) is 28.1 Å². The van der Waals surface area contributed by atoms with Gasteiger partial charge in [-0.25, -0.2) is 18.2 Å². The van der Waals surface area contributed by atoms with Crippen molar-refractivity contribution in [3.63, 3.8) is 0 Å². The van der Waals surface area contributed by atoms with E-state index < -0.39 is 33.6 Å². The number of hydrogen-bond donors (Lipinski definition) is 1. The summed E-state index contributed by atoms with van der Waals surface area (Å²) in [5.74, 6) is 0. The zero-order chi connectivity index (χ0) is 25.6. The zero-order valence-electron chi connectivity index (χ0n) is 17.5. The molecular formula is C23H15F6N3O2S. The Labute approximate surface area is 195 Å². The average Bonchev–Trinajstić information content (AvgIpc) is 3.20. The summed E-state index contributed by atoms with van der Waals surface area (Å²) >= 11 is 0. The van der Waals surface area contributed by atoms with Gasteiger partial charge in [-0.2, -0.15) is 31.4 Å². The standard InChI is InChI=1S/C23H15F6N3O2S/c24-22(25,26)16-8-10-17(11-9-16)32-20(15-6-12-18(13-7-15)35(30,33)34)19(14-4-2-1-3-5-14)21(31-32)23(27,28)29/h1-13H,(H2,30,33,34). The van der Waals surface area contributed by atoms with Gasteiger partial charge in [0.1, 0.15) is 0 Å².